The molecule has 1 aromatic rings. The molecule has 0 saturated carbocycles. The molecule has 2 rings (SSSR count). The highest BCUT2D eigenvalue weighted by atomic mass is 32.2. The summed E-state index contributed by atoms with van der Waals surface area (Å²) < 4.78 is 26.5. The van der Waals surface area contributed by atoms with Gasteiger partial charge in [0.25, 0.3) is 0 Å². The summed E-state index contributed by atoms with van der Waals surface area (Å²) in [5.41, 5.74) is 6.08. The molecule has 0 bridgehead atoms. The molecule has 1 aliphatic rings. The lowest BCUT2D eigenvalue weighted by Crippen LogP contribution is -2.39. The lowest BCUT2D eigenvalue weighted by molar-refractivity contribution is 0.170. The van der Waals surface area contributed by atoms with Crippen LogP contribution < -0.4 is 5.73 Å². The van der Waals surface area contributed by atoms with E-state index >= 15 is 0 Å². The van der Waals surface area contributed by atoms with Gasteiger partial charge in [0.1, 0.15) is 4.99 Å². The topological polar surface area (TPSA) is 83.6 Å². The predicted octanol–water partition coefficient (Wildman–Crippen LogP) is 0.714. The van der Waals surface area contributed by atoms with E-state index in [1.54, 1.807) is 18.2 Å². The molecule has 7 heteroatoms. The minimum atomic E-state index is -3.51. The predicted molar refractivity (Wildman–Crippen MR) is 80.9 cm³/mol. The molecule has 1 fully saturated rings. The zero-order valence-electron chi connectivity index (χ0n) is 11.0. The number of hydrogen-bond donors (Lipinski definition) is 2. The molecule has 1 aliphatic heterocycles. The molecule has 0 amide bonds. The molecule has 0 unspecified atom stereocenters. The van der Waals surface area contributed by atoms with E-state index in [4.69, 9.17) is 23.1 Å². The van der Waals surface area contributed by atoms with E-state index in [-0.39, 0.29) is 22.4 Å². The minimum absolute atomic E-state index is 0.116. The molecule has 110 valence electrons. The van der Waals surface area contributed by atoms with Crippen LogP contribution in [0.4, 0.5) is 0 Å². The fraction of sp³-hybridized carbons (Fsp3) is 0.462. The van der Waals surface area contributed by atoms with Gasteiger partial charge in [-0.15, -0.1) is 0 Å². The molecular formula is C13H18N2O3S2. The third-order valence-electron chi connectivity index (χ3n) is 3.59. The van der Waals surface area contributed by atoms with E-state index in [1.165, 1.54) is 10.4 Å². The number of piperidine rings is 1. The molecule has 1 saturated heterocycles. The first-order valence-corrected chi connectivity index (χ1v) is 8.31. The van der Waals surface area contributed by atoms with Gasteiger partial charge in [0.2, 0.25) is 10.0 Å². The SMILES string of the molecule is NC(=S)c1cccc(S(=O)(=O)N2CCC(CO)CC2)c1. The average Bonchev–Trinajstić information content (AvgIpc) is 2.47. The lowest BCUT2D eigenvalue weighted by Gasteiger charge is -2.30. The van der Waals surface area contributed by atoms with Gasteiger partial charge in [-0.25, -0.2) is 8.42 Å². The molecule has 0 aliphatic carbocycles. The highest BCUT2D eigenvalue weighted by Crippen LogP contribution is 2.24. The summed E-state index contributed by atoms with van der Waals surface area (Å²) >= 11 is 4.87. The highest BCUT2D eigenvalue weighted by molar-refractivity contribution is 7.89. The van der Waals surface area contributed by atoms with Gasteiger partial charge in [0, 0.05) is 25.3 Å². The zero-order valence-corrected chi connectivity index (χ0v) is 12.7. The van der Waals surface area contributed by atoms with Gasteiger partial charge in [-0.3, -0.25) is 0 Å². The summed E-state index contributed by atoms with van der Waals surface area (Å²) in [7, 11) is -3.51. The van der Waals surface area contributed by atoms with Crippen molar-refractivity contribution in [3.05, 3.63) is 29.8 Å². The Balaban J connectivity index is 2.23. The third-order valence-corrected chi connectivity index (χ3v) is 5.72. The van der Waals surface area contributed by atoms with Crippen molar-refractivity contribution >= 4 is 27.2 Å². The monoisotopic (exact) mass is 314 g/mol. The van der Waals surface area contributed by atoms with Gasteiger partial charge in [-0.2, -0.15) is 4.31 Å². The minimum Gasteiger partial charge on any atom is -0.396 e. The van der Waals surface area contributed by atoms with E-state index in [0.717, 1.165) is 0 Å². The first-order valence-electron chi connectivity index (χ1n) is 6.46. The molecule has 0 radical (unpaired) electrons. The van der Waals surface area contributed by atoms with Crippen LogP contribution in [0.15, 0.2) is 29.2 Å². The van der Waals surface area contributed by atoms with Crippen molar-refractivity contribution in [3.8, 4) is 0 Å². The number of nitrogens with zero attached hydrogens (tertiary/aromatic N) is 1. The van der Waals surface area contributed by atoms with Crippen molar-refractivity contribution in [2.75, 3.05) is 19.7 Å². The Morgan fingerprint density at radius 2 is 2.05 bits per heavy atom. The number of aliphatic hydroxyl groups is 1. The summed E-state index contributed by atoms with van der Waals surface area (Å²) in [6.07, 6.45) is 1.37. The Kier molecular flexibility index (Phi) is 4.74. The molecule has 1 aromatic carbocycles. The van der Waals surface area contributed by atoms with E-state index in [9.17, 15) is 8.42 Å². The van der Waals surface area contributed by atoms with Crippen LogP contribution in [0.1, 0.15) is 18.4 Å². The quantitative estimate of drug-likeness (QED) is 0.800. The second-order valence-corrected chi connectivity index (χ2v) is 7.30. The highest BCUT2D eigenvalue weighted by Gasteiger charge is 2.29. The van der Waals surface area contributed by atoms with Crippen LogP contribution in [0.25, 0.3) is 0 Å². The van der Waals surface area contributed by atoms with Gasteiger partial charge < -0.3 is 10.8 Å². The molecule has 20 heavy (non-hydrogen) atoms. The van der Waals surface area contributed by atoms with Crippen molar-refractivity contribution in [1.82, 2.24) is 4.31 Å². The van der Waals surface area contributed by atoms with Crippen molar-refractivity contribution in [3.63, 3.8) is 0 Å². The van der Waals surface area contributed by atoms with Crippen molar-refractivity contribution in [2.24, 2.45) is 11.7 Å². The third kappa shape index (κ3) is 3.17. The number of benzene rings is 1. The Morgan fingerprint density at radius 3 is 2.60 bits per heavy atom. The Bertz CT molecular complexity index is 593. The summed E-state index contributed by atoms with van der Waals surface area (Å²) in [4.78, 5) is 0.395. The lowest BCUT2D eigenvalue weighted by atomic mass is 10.00. The van der Waals surface area contributed by atoms with Gasteiger partial charge in [-0.1, -0.05) is 24.4 Å². The molecule has 0 aromatic heterocycles. The van der Waals surface area contributed by atoms with Crippen LogP contribution in [-0.4, -0.2) is 42.5 Å². The standard InChI is InChI=1S/C13H18N2O3S2/c14-13(19)11-2-1-3-12(8-11)20(17,18)15-6-4-10(9-16)5-7-15/h1-3,8,10,16H,4-7,9H2,(H2,14,19). The Morgan fingerprint density at radius 1 is 1.40 bits per heavy atom. The van der Waals surface area contributed by atoms with Crippen LogP contribution in [0, 0.1) is 5.92 Å². The number of rotatable bonds is 4. The first kappa shape index (κ1) is 15.4. The number of hydrogen-bond acceptors (Lipinski definition) is 4. The number of aliphatic hydroxyl groups excluding tert-OH is 1. The summed E-state index contributed by atoms with van der Waals surface area (Å²) in [5, 5.41) is 9.10. The van der Waals surface area contributed by atoms with Crippen molar-refractivity contribution in [2.45, 2.75) is 17.7 Å². The number of nitrogens with two attached hydrogens (primary N) is 1. The van der Waals surface area contributed by atoms with Crippen LogP contribution in [0.5, 0.6) is 0 Å². The molecule has 1 heterocycles. The molecule has 0 atom stereocenters. The van der Waals surface area contributed by atoms with E-state index in [2.05, 4.69) is 0 Å². The van der Waals surface area contributed by atoms with Gasteiger partial charge in [0.05, 0.1) is 4.90 Å². The van der Waals surface area contributed by atoms with Gasteiger partial charge in [0.15, 0.2) is 0 Å². The first-order chi connectivity index (χ1) is 9.45. The second-order valence-electron chi connectivity index (χ2n) is 4.92. The summed E-state index contributed by atoms with van der Waals surface area (Å²) in [6.45, 7) is 0.987. The summed E-state index contributed by atoms with van der Waals surface area (Å²) in [6, 6.07) is 6.40. The maximum absolute atomic E-state index is 12.5. The smallest absolute Gasteiger partial charge is 0.243 e. The van der Waals surface area contributed by atoms with E-state index in [1.807, 2.05) is 0 Å². The Labute approximate surface area is 124 Å². The molecular weight excluding hydrogens is 296 g/mol. The van der Waals surface area contributed by atoms with Crippen molar-refractivity contribution < 1.29 is 13.5 Å². The summed E-state index contributed by atoms with van der Waals surface area (Å²) in [5.74, 6) is 0.199. The second kappa shape index (κ2) is 6.17. The van der Waals surface area contributed by atoms with Crippen LogP contribution in [0.2, 0.25) is 0 Å². The fourth-order valence-electron chi connectivity index (χ4n) is 2.29. The maximum Gasteiger partial charge on any atom is 0.243 e. The van der Waals surface area contributed by atoms with Gasteiger partial charge in [-0.05, 0) is 30.9 Å². The normalized spacial score (nSPS) is 18.1. The molecule has 3 N–H and O–H groups in total. The zero-order chi connectivity index (χ0) is 14.8. The van der Waals surface area contributed by atoms with Gasteiger partial charge >= 0.3 is 0 Å². The molecule has 5 nitrogen and oxygen atoms in total. The van der Waals surface area contributed by atoms with Crippen LogP contribution in [0.3, 0.4) is 0 Å². The van der Waals surface area contributed by atoms with Crippen LogP contribution >= 0.6 is 12.2 Å². The maximum atomic E-state index is 12.5. The number of sulfonamides is 1. The largest absolute Gasteiger partial charge is 0.396 e. The Hall–Kier alpha value is -1.02. The van der Waals surface area contributed by atoms with E-state index in [0.29, 0.717) is 31.5 Å². The average molecular weight is 314 g/mol. The number of thiocarbonyl (C=S) groups is 1. The fourth-order valence-corrected chi connectivity index (χ4v) is 3.93. The van der Waals surface area contributed by atoms with Crippen molar-refractivity contribution in [1.29, 1.82) is 0 Å². The van der Waals surface area contributed by atoms with Crippen LogP contribution in [-0.2, 0) is 10.0 Å². The molecule has 0 spiro atoms. The van der Waals surface area contributed by atoms with E-state index < -0.39 is 10.0 Å².